The summed E-state index contributed by atoms with van der Waals surface area (Å²) in [6.07, 6.45) is 0.412. The average Bonchev–Trinajstić information content (AvgIpc) is 3.02. The SMILES string of the molecule is CN(C(=O)c1cccc(C(=O)Nc2ccc(F)cc2)c1)C1CCS(=O)(=O)C1. The Labute approximate surface area is 156 Å². The van der Waals surface area contributed by atoms with Crippen molar-refractivity contribution in [1.29, 1.82) is 0 Å². The molecule has 1 unspecified atom stereocenters. The summed E-state index contributed by atoms with van der Waals surface area (Å²) >= 11 is 0. The van der Waals surface area contributed by atoms with Crippen LogP contribution in [0.15, 0.2) is 48.5 Å². The number of rotatable bonds is 4. The van der Waals surface area contributed by atoms with E-state index in [-0.39, 0.29) is 29.0 Å². The number of nitrogens with zero attached hydrogens (tertiary/aromatic N) is 1. The molecule has 3 rings (SSSR count). The third-order valence-electron chi connectivity index (χ3n) is 4.55. The van der Waals surface area contributed by atoms with Crippen molar-refractivity contribution in [3.05, 3.63) is 65.5 Å². The third-order valence-corrected chi connectivity index (χ3v) is 6.30. The van der Waals surface area contributed by atoms with Gasteiger partial charge in [0.1, 0.15) is 5.82 Å². The van der Waals surface area contributed by atoms with E-state index in [2.05, 4.69) is 5.32 Å². The maximum absolute atomic E-state index is 12.9. The molecule has 1 N–H and O–H groups in total. The van der Waals surface area contributed by atoms with E-state index in [0.717, 1.165) is 0 Å². The normalized spacial score (nSPS) is 18.1. The van der Waals surface area contributed by atoms with Gasteiger partial charge in [-0.05, 0) is 48.9 Å². The molecule has 6 nitrogen and oxygen atoms in total. The zero-order valence-electron chi connectivity index (χ0n) is 14.7. The van der Waals surface area contributed by atoms with Crippen LogP contribution in [0, 0.1) is 5.82 Å². The van der Waals surface area contributed by atoms with E-state index >= 15 is 0 Å². The van der Waals surface area contributed by atoms with Crippen LogP contribution in [-0.2, 0) is 9.84 Å². The highest BCUT2D eigenvalue weighted by molar-refractivity contribution is 7.91. The molecule has 0 radical (unpaired) electrons. The van der Waals surface area contributed by atoms with E-state index in [0.29, 0.717) is 17.7 Å². The molecule has 2 amide bonds. The van der Waals surface area contributed by atoms with E-state index in [1.807, 2.05) is 0 Å². The smallest absolute Gasteiger partial charge is 0.255 e. The predicted molar refractivity (Wildman–Crippen MR) is 99.9 cm³/mol. The van der Waals surface area contributed by atoms with Crippen LogP contribution in [0.3, 0.4) is 0 Å². The summed E-state index contributed by atoms with van der Waals surface area (Å²) < 4.78 is 36.2. The van der Waals surface area contributed by atoms with Gasteiger partial charge in [-0.15, -0.1) is 0 Å². The minimum absolute atomic E-state index is 0.0417. The third kappa shape index (κ3) is 4.51. The van der Waals surface area contributed by atoms with Crippen LogP contribution in [0.4, 0.5) is 10.1 Å². The summed E-state index contributed by atoms with van der Waals surface area (Å²) in [7, 11) is -1.53. The number of amides is 2. The van der Waals surface area contributed by atoms with E-state index in [9.17, 15) is 22.4 Å². The van der Waals surface area contributed by atoms with Gasteiger partial charge in [0, 0.05) is 29.9 Å². The number of halogens is 1. The van der Waals surface area contributed by atoms with Gasteiger partial charge in [0.25, 0.3) is 11.8 Å². The van der Waals surface area contributed by atoms with Crippen molar-refractivity contribution >= 4 is 27.3 Å². The Kier molecular flexibility index (Phi) is 5.27. The van der Waals surface area contributed by atoms with Crippen LogP contribution in [-0.4, -0.2) is 49.7 Å². The molecule has 1 saturated heterocycles. The topological polar surface area (TPSA) is 83.6 Å². The van der Waals surface area contributed by atoms with Gasteiger partial charge < -0.3 is 10.2 Å². The van der Waals surface area contributed by atoms with E-state index in [1.165, 1.54) is 35.2 Å². The zero-order valence-corrected chi connectivity index (χ0v) is 15.5. The van der Waals surface area contributed by atoms with Gasteiger partial charge >= 0.3 is 0 Å². The molecule has 1 fully saturated rings. The second-order valence-corrected chi connectivity index (χ2v) is 8.74. The van der Waals surface area contributed by atoms with Crippen molar-refractivity contribution in [1.82, 2.24) is 4.90 Å². The lowest BCUT2D eigenvalue weighted by atomic mass is 10.1. The lowest BCUT2D eigenvalue weighted by Gasteiger charge is -2.23. The summed E-state index contributed by atoms with van der Waals surface area (Å²) in [5, 5.41) is 2.64. The summed E-state index contributed by atoms with van der Waals surface area (Å²) in [5.41, 5.74) is 1.01. The largest absolute Gasteiger partial charge is 0.338 e. The molecule has 142 valence electrons. The fraction of sp³-hybridized carbons (Fsp3) is 0.263. The monoisotopic (exact) mass is 390 g/mol. The average molecular weight is 390 g/mol. The quantitative estimate of drug-likeness (QED) is 0.869. The van der Waals surface area contributed by atoms with Gasteiger partial charge in [-0.3, -0.25) is 9.59 Å². The predicted octanol–water partition coefficient (Wildman–Crippen LogP) is 2.34. The Balaban J connectivity index is 1.73. The van der Waals surface area contributed by atoms with Crippen molar-refractivity contribution in [2.45, 2.75) is 12.5 Å². The molecule has 1 aliphatic rings. The van der Waals surface area contributed by atoms with Crippen LogP contribution in [0.5, 0.6) is 0 Å². The fourth-order valence-electron chi connectivity index (χ4n) is 2.98. The highest BCUT2D eigenvalue weighted by Crippen LogP contribution is 2.19. The van der Waals surface area contributed by atoms with Gasteiger partial charge in [-0.2, -0.15) is 0 Å². The Bertz CT molecular complexity index is 973. The van der Waals surface area contributed by atoms with Crippen LogP contribution in [0.2, 0.25) is 0 Å². The first-order chi connectivity index (χ1) is 12.7. The Morgan fingerprint density at radius 3 is 2.41 bits per heavy atom. The number of anilines is 1. The van der Waals surface area contributed by atoms with Gasteiger partial charge in [0.2, 0.25) is 0 Å². The molecule has 1 atom stereocenters. The number of hydrogen-bond donors (Lipinski definition) is 1. The van der Waals surface area contributed by atoms with Crippen LogP contribution < -0.4 is 5.32 Å². The lowest BCUT2D eigenvalue weighted by Crippen LogP contribution is -2.37. The highest BCUT2D eigenvalue weighted by Gasteiger charge is 2.33. The minimum atomic E-state index is -3.10. The zero-order chi connectivity index (χ0) is 19.6. The summed E-state index contributed by atoms with van der Waals surface area (Å²) in [6, 6.07) is 11.2. The first-order valence-corrected chi connectivity index (χ1v) is 10.2. The number of sulfone groups is 1. The maximum Gasteiger partial charge on any atom is 0.255 e. The molecular formula is C19H19FN2O4S. The lowest BCUT2D eigenvalue weighted by molar-refractivity contribution is 0.0747. The van der Waals surface area contributed by atoms with Crippen molar-refractivity contribution in [3.8, 4) is 0 Å². The minimum Gasteiger partial charge on any atom is -0.338 e. The molecule has 0 aliphatic carbocycles. The standard InChI is InChI=1S/C19H19FN2O4S/c1-22(17-9-10-27(25,26)12-17)19(24)14-4-2-3-13(11-14)18(23)21-16-7-5-15(20)6-8-16/h2-8,11,17H,9-10,12H2,1H3,(H,21,23). The van der Waals surface area contributed by atoms with Crippen molar-refractivity contribution < 1.29 is 22.4 Å². The molecule has 1 aliphatic heterocycles. The van der Waals surface area contributed by atoms with Crippen LogP contribution >= 0.6 is 0 Å². The van der Waals surface area contributed by atoms with E-state index in [4.69, 9.17) is 0 Å². The molecule has 2 aromatic rings. The number of benzene rings is 2. The molecule has 0 spiro atoms. The molecular weight excluding hydrogens is 371 g/mol. The molecule has 0 saturated carbocycles. The maximum atomic E-state index is 12.9. The van der Waals surface area contributed by atoms with Gasteiger partial charge in [-0.1, -0.05) is 6.07 Å². The first-order valence-electron chi connectivity index (χ1n) is 8.40. The van der Waals surface area contributed by atoms with Crippen LogP contribution in [0.1, 0.15) is 27.1 Å². The molecule has 2 aromatic carbocycles. The molecule has 0 aromatic heterocycles. The highest BCUT2D eigenvalue weighted by atomic mass is 32.2. The van der Waals surface area contributed by atoms with Crippen molar-refractivity contribution in [2.75, 3.05) is 23.9 Å². The Morgan fingerprint density at radius 1 is 1.11 bits per heavy atom. The van der Waals surface area contributed by atoms with Gasteiger partial charge in [0.15, 0.2) is 9.84 Å². The van der Waals surface area contributed by atoms with E-state index < -0.39 is 21.6 Å². The van der Waals surface area contributed by atoms with Crippen molar-refractivity contribution in [2.24, 2.45) is 0 Å². The summed E-state index contributed by atoms with van der Waals surface area (Å²) in [4.78, 5) is 26.5. The van der Waals surface area contributed by atoms with E-state index in [1.54, 1.807) is 25.2 Å². The van der Waals surface area contributed by atoms with Gasteiger partial charge in [-0.25, -0.2) is 12.8 Å². The van der Waals surface area contributed by atoms with Gasteiger partial charge in [0.05, 0.1) is 11.5 Å². The first kappa shape index (κ1) is 19.0. The second kappa shape index (κ2) is 7.48. The molecule has 0 bridgehead atoms. The molecule has 1 heterocycles. The van der Waals surface area contributed by atoms with Crippen molar-refractivity contribution in [3.63, 3.8) is 0 Å². The number of nitrogens with one attached hydrogen (secondary N) is 1. The Hall–Kier alpha value is -2.74. The number of carbonyl (C=O) groups is 2. The second-order valence-electron chi connectivity index (χ2n) is 6.51. The Morgan fingerprint density at radius 2 is 1.78 bits per heavy atom. The summed E-state index contributed by atoms with van der Waals surface area (Å²) in [5.74, 6) is -1.14. The number of carbonyl (C=O) groups excluding carboxylic acids is 2. The molecule has 27 heavy (non-hydrogen) atoms. The fourth-order valence-corrected chi connectivity index (χ4v) is 4.75. The summed E-state index contributed by atoms with van der Waals surface area (Å²) in [6.45, 7) is 0. The van der Waals surface area contributed by atoms with Crippen LogP contribution in [0.25, 0.3) is 0 Å². The molecule has 8 heteroatoms. The number of hydrogen-bond acceptors (Lipinski definition) is 4.